The van der Waals surface area contributed by atoms with Crippen molar-refractivity contribution >= 4 is 6.03 Å². The number of amides is 2. The fourth-order valence-electron chi connectivity index (χ4n) is 2.77. The number of urea groups is 1. The number of carbonyl (C=O) groups is 1. The Morgan fingerprint density at radius 3 is 2.48 bits per heavy atom. The Morgan fingerprint density at radius 2 is 1.80 bits per heavy atom. The standard InChI is InChI=1S/C20H24N2O3/c1-22(12-13-25-17-10-8-16(24-2)9-11-17)20(23)21-19-14-18(19)15-6-4-3-5-7-15/h3-11,18-19H,12-14H2,1-2H3,(H,21,23). The Hall–Kier alpha value is -2.69. The summed E-state index contributed by atoms with van der Waals surface area (Å²) in [6.07, 6.45) is 1.01. The van der Waals surface area contributed by atoms with Crippen LogP contribution in [0.1, 0.15) is 17.9 Å². The van der Waals surface area contributed by atoms with Gasteiger partial charge < -0.3 is 19.7 Å². The Morgan fingerprint density at radius 1 is 1.12 bits per heavy atom. The number of nitrogens with one attached hydrogen (secondary N) is 1. The molecule has 132 valence electrons. The first kappa shape index (κ1) is 17.1. The van der Waals surface area contributed by atoms with Crippen LogP contribution in [-0.4, -0.2) is 44.3 Å². The lowest BCUT2D eigenvalue weighted by molar-refractivity contribution is 0.195. The number of methoxy groups -OCH3 is 1. The van der Waals surface area contributed by atoms with Crippen molar-refractivity contribution in [3.05, 3.63) is 60.2 Å². The maximum atomic E-state index is 12.2. The van der Waals surface area contributed by atoms with E-state index in [-0.39, 0.29) is 12.1 Å². The second-order valence-corrected chi connectivity index (χ2v) is 6.25. The summed E-state index contributed by atoms with van der Waals surface area (Å²) >= 11 is 0. The van der Waals surface area contributed by atoms with E-state index in [1.165, 1.54) is 5.56 Å². The molecule has 2 unspecified atom stereocenters. The topological polar surface area (TPSA) is 50.8 Å². The van der Waals surface area contributed by atoms with E-state index in [0.717, 1.165) is 17.9 Å². The highest BCUT2D eigenvalue weighted by Crippen LogP contribution is 2.40. The fourth-order valence-corrected chi connectivity index (χ4v) is 2.77. The zero-order chi connectivity index (χ0) is 17.6. The van der Waals surface area contributed by atoms with E-state index in [9.17, 15) is 4.79 Å². The lowest BCUT2D eigenvalue weighted by atomic mass is 10.1. The number of hydrogen-bond donors (Lipinski definition) is 1. The maximum absolute atomic E-state index is 12.2. The van der Waals surface area contributed by atoms with Gasteiger partial charge in [-0.15, -0.1) is 0 Å². The van der Waals surface area contributed by atoms with E-state index < -0.39 is 0 Å². The normalized spacial score (nSPS) is 18.3. The van der Waals surface area contributed by atoms with E-state index in [1.54, 1.807) is 19.1 Å². The number of benzene rings is 2. The summed E-state index contributed by atoms with van der Waals surface area (Å²) in [5.74, 6) is 2.00. The van der Waals surface area contributed by atoms with Crippen molar-refractivity contribution in [2.45, 2.75) is 18.4 Å². The van der Waals surface area contributed by atoms with Gasteiger partial charge in [0.15, 0.2) is 0 Å². The molecule has 3 rings (SSSR count). The second kappa shape index (κ2) is 7.92. The third-order valence-electron chi connectivity index (χ3n) is 4.43. The molecule has 5 heteroatoms. The number of nitrogens with zero attached hydrogens (tertiary/aromatic N) is 1. The van der Waals surface area contributed by atoms with Gasteiger partial charge in [-0.25, -0.2) is 4.79 Å². The van der Waals surface area contributed by atoms with Crippen LogP contribution in [0.5, 0.6) is 11.5 Å². The molecule has 2 amide bonds. The average molecular weight is 340 g/mol. The van der Waals surface area contributed by atoms with Crippen molar-refractivity contribution in [3.8, 4) is 11.5 Å². The molecule has 1 aliphatic rings. The Bertz CT molecular complexity index is 688. The highest BCUT2D eigenvalue weighted by atomic mass is 16.5. The molecule has 2 atom stereocenters. The van der Waals surface area contributed by atoms with Crippen LogP contribution in [0, 0.1) is 0 Å². The molecule has 1 fully saturated rings. The van der Waals surface area contributed by atoms with Gasteiger partial charge in [0, 0.05) is 19.0 Å². The maximum Gasteiger partial charge on any atom is 0.317 e. The summed E-state index contributed by atoms with van der Waals surface area (Å²) in [5.41, 5.74) is 1.29. The highest BCUT2D eigenvalue weighted by molar-refractivity contribution is 5.74. The monoisotopic (exact) mass is 340 g/mol. The quantitative estimate of drug-likeness (QED) is 0.842. The molecule has 0 radical (unpaired) electrons. The lowest BCUT2D eigenvalue weighted by Gasteiger charge is -2.18. The third kappa shape index (κ3) is 4.66. The molecule has 0 spiro atoms. The van der Waals surface area contributed by atoms with Crippen LogP contribution in [0.2, 0.25) is 0 Å². The van der Waals surface area contributed by atoms with Gasteiger partial charge in [0.2, 0.25) is 0 Å². The molecule has 1 saturated carbocycles. The van der Waals surface area contributed by atoms with Crippen LogP contribution >= 0.6 is 0 Å². The van der Waals surface area contributed by atoms with E-state index in [2.05, 4.69) is 17.4 Å². The van der Waals surface area contributed by atoms with Gasteiger partial charge in [0.25, 0.3) is 0 Å². The first-order valence-corrected chi connectivity index (χ1v) is 8.51. The van der Waals surface area contributed by atoms with E-state index >= 15 is 0 Å². The van der Waals surface area contributed by atoms with Gasteiger partial charge in [-0.2, -0.15) is 0 Å². The number of hydrogen-bond acceptors (Lipinski definition) is 3. The second-order valence-electron chi connectivity index (χ2n) is 6.25. The van der Waals surface area contributed by atoms with Gasteiger partial charge in [0.05, 0.1) is 13.7 Å². The van der Waals surface area contributed by atoms with Crippen molar-refractivity contribution < 1.29 is 14.3 Å². The summed E-state index contributed by atoms with van der Waals surface area (Å²) in [4.78, 5) is 13.9. The number of likely N-dealkylation sites (N-methyl/N-ethyl adjacent to an activating group) is 1. The minimum absolute atomic E-state index is 0.0539. The average Bonchev–Trinajstić information content (AvgIpc) is 3.42. The first-order chi connectivity index (χ1) is 12.2. The zero-order valence-electron chi connectivity index (χ0n) is 14.6. The van der Waals surface area contributed by atoms with Gasteiger partial charge in [-0.1, -0.05) is 30.3 Å². The predicted octanol–water partition coefficient (Wildman–Crippen LogP) is 3.27. The molecule has 2 aromatic carbocycles. The Balaban J connectivity index is 1.38. The van der Waals surface area contributed by atoms with Crippen LogP contribution < -0.4 is 14.8 Å². The van der Waals surface area contributed by atoms with E-state index in [0.29, 0.717) is 19.1 Å². The SMILES string of the molecule is COc1ccc(OCCN(C)C(=O)NC2CC2c2ccccc2)cc1. The molecule has 25 heavy (non-hydrogen) atoms. The molecule has 0 aliphatic heterocycles. The summed E-state index contributed by atoms with van der Waals surface area (Å²) < 4.78 is 10.8. The van der Waals surface area contributed by atoms with Crippen LogP contribution in [0.25, 0.3) is 0 Å². The highest BCUT2D eigenvalue weighted by Gasteiger charge is 2.39. The van der Waals surface area contributed by atoms with Gasteiger partial charge in [-0.05, 0) is 36.2 Å². The molecule has 1 N–H and O–H groups in total. The van der Waals surface area contributed by atoms with Crippen molar-refractivity contribution in [3.63, 3.8) is 0 Å². The van der Waals surface area contributed by atoms with Crippen LogP contribution in [0.3, 0.4) is 0 Å². The molecule has 1 aliphatic carbocycles. The summed E-state index contributed by atoms with van der Waals surface area (Å²) in [6, 6.07) is 17.9. The number of ether oxygens (including phenoxy) is 2. The molecule has 0 saturated heterocycles. The lowest BCUT2D eigenvalue weighted by Crippen LogP contribution is -2.40. The van der Waals surface area contributed by atoms with Crippen molar-refractivity contribution in [2.24, 2.45) is 0 Å². The molecule has 0 aromatic heterocycles. The number of rotatable bonds is 7. The van der Waals surface area contributed by atoms with E-state index in [1.807, 2.05) is 42.5 Å². The minimum atomic E-state index is -0.0539. The Kier molecular flexibility index (Phi) is 5.43. The smallest absolute Gasteiger partial charge is 0.317 e. The summed E-state index contributed by atoms with van der Waals surface area (Å²) in [7, 11) is 3.41. The fraction of sp³-hybridized carbons (Fsp3) is 0.350. The molecule has 5 nitrogen and oxygen atoms in total. The van der Waals surface area contributed by atoms with Crippen LogP contribution in [0.15, 0.2) is 54.6 Å². The Labute approximate surface area is 148 Å². The van der Waals surface area contributed by atoms with Crippen molar-refractivity contribution in [2.75, 3.05) is 27.3 Å². The van der Waals surface area contributed by atoms with Gasteiger partial charge in [-0.3, -0.25) is 0 Å². The summed E-state index contributed by atoms with van der Waals surface area (Å²) in [6.45, 7) is 0.976. The predicted molar refractivity (Wildman–Crippen MR) is 97.2 cm³/mol. The zero-order valence-corrected chi connectivity index (χ0v) is 14.6. The molecule has 0 heterocycles. The van der Waals surface area contributed by atoms with Crippen LogP contribution in [0.4, 0.5) is 4.79 Å². The van der Waals surface area contributed by atoms with Crippen LogP contribution in [-0.2, 0) is 0 Å². The van der Waals surface area contributed by atoms with Crippen molar-refractivity contribution in [1.82, 2.24) is 10.2 Å². The minimum Gasteiger partial charge on any atom is -0.497 e. The third-order valence-corrected chi connectivity index (χ3v) is 4.43. The molecular weight excluding hydrogens is 316 g/mol. The summed E-state index contributed by atoms with van der Waals surface area (Å²) in [5, 5.41) is 3.08. The van der Waals surface area contributed by atoms with Crippen molar-refractivity contribution in [1.29, 1.82) is 0 Å². The molecular formula is C20H24N2O3. The van der Waals surface area contributed by atoms with Gasteiger partial charge >= 0.3 is 6.03 Å². The van der Waals surface area contributed by atoms with E-state index in [4.69, 9.17) is 9.47 Å². The molecule has 2 aromatic rings. The van der Waals surface area contributed by atoms with Gasteiger partial charge in [0.1, 0.15) is 18.1 Å². The largest absolute Gasteiger partial charge is 0.497 e. The first-order valence-electron chi connectivity index (χ1n) is 8.51. The number of carbonyl (C=O) groups excluding carboxylic acids is 1. The molecule has 0 bridgehead atoms.